The third-order valence-electron chi connectivity index (χ3n) is 6.98. The number of hydrogen-bond acceptors (Lipinski definition) is 5. The van der Waals surface area contributed by atoms with Crippen LogP contribution in [0.15, 0.2) is 41.7 Å². The molecule has 10 heteroatoms. The predicted octanol–water partition coefficient (Wildman–Crippen LogP) is 5.10. The third-order valence-corrected chi connectivity index (χ3v) is 8.09. The number of likely N-dealkylation sites (tertiary alicyclic amines) is 1. The maximum atomic E-state index is 14.6. The van der Waals surface area contributed by atoms with Gasteiger partial charge < -0.3 is 9.47 Å². The maximum Gasteiger partial charge on any atom is 0.416 e. The zero-order valence-electron chi connectivity index (χ0n) is 18.9. The maximum absolute atomic E-state index is 14.6. The zero-order valence-corrected chi connectivity index (χ0v) is 19.8. The molecular weight excluding hydrogens is 466 g/mol. The predicted molar refractivity (Wildman–Crippen MR) is 122 cm³/mol. The number of hydrogen-bond donors (Lipinski definition) is 0. The monoisotopic (exact) mass is 491 g/mol. The molecule has 2 fully saturated rings. The lowest BCUT2D eigenvalue weighted by Gasteiger charge is -2.21. The van der Waals surface area contributed by atoms with E-state index in [4.69, 9.17) is 0 Å². The minimum Gasteiger partial charge on any atom is -0.305 e. The van der Waals surface area contributed by atoms with Crippen LogP contribution in [0, 0.1) is 18.7 Å². The summed E-state index contributed by atoms with van der Waals surface area (Å²) in [5, 5.41) is 9.48. The summed E-state index contributed by atoms with van der Waals surface area (Å²) in [5.74, 6) is 1.22. The molecule has 180 valence electrons. The molecule has 1 aliphatic carbocycles. The van der Waals surface area contributed by atoms with E-state index in [1.165, 1.54) is 6.07 Å². The van der Waals surface area contributed by atoms with Gasteiger partial charge in [0.1, 0.15) is 5.82 Å². The molecule has 1 saturated carbocycles. The molecule has 5 nitrogen and oxygen atoms in total. The van der Waals surface area contributed by atoms with Crippen LogP contribution < -0.4 is 0 Å². The fraction of sp³-hybridized carbons (Fsp3) is 0.458. The second kappa shape index (κ2) is 8.64. The van der Waals surface area contributed by atoms with E-state index >= 15 is 0 Å². The van der Waals surface area contributed by atoms with Gasteiger partial charge >= 0.3 is 6.18 Å². The number of fused-ring (bicyclic) bond motifs is 1. The summed E-state index contributed by atoms with van der Waals surface area (Å²) in [6, 6.07) is 6.85. The highest BCUT2D eigenvalue weighted by molar-refractivity contribution is 7.99. The Bertz CT molecular complexity index is 1210. The minimum atomic E-state index is -4.53. The summed E-state index contributed by atoms with van der Waals surface area (Å²) in [6.07, 6.45) is -1.00. The van der Waals surface area contributed by atoms with Crippen LogP contribution in [-0.4, -0.2) is 50.0 Å². The Kier molecular flexibility index (Phi) is 5.92. The number of thioether (sulfide) groups is 1. The van der Waals surface area contributed by atoms with Gasteiger partial charge in [0, 0.05) is 48.8 Å². The molecule has 34 heavy (non-hydrogen) atoms. The standard InChI is InChI=1S/C24H25F4N5S/c1-15-18(5-3-8-29-15)21-30-31-22(32(21)2)34-10-4-9-33-13-17-12-23(17,14-33)19-7-6-16(11-20(19)25)24(26,27)28/h3,5-8,11,17H,4,9-10,12-14H2,1-2H3. The first kappa shape index (κ1) is 23.3. The van der Waals surface area contributed by atoms with Gasteiger partial charge in [-0.25, -0.2) is 4.39 Å². The number of aromatic nitrogens is 4. The Morgan fingerprint density at radius 1 is 1.21 bits per heavy atom. The van der Waals surface area contributed by atoms with Gasteiger partial charge in [-0.1, -0.05) is 17.8 Å². The highest BCUT2D eigenvalue weighted by Crippen LogP contribution is 2.59. The van der Waals surface area contributed by atoms with Crippen molar-refractivity contribution in [2.45, 2.75) is 36.5 Å². The average Bonchev–Trinajstić information content (AvgIpc) is 3.16. The molecule has 2 aromatic heterocycles. The van der Waals surface area contributed by atoms with Crippen LogP contribution in [0.1, 0.15) is 29.7 Å². The van der Waals surface area contributed by atoms with Crippen LogP contribution in [0.3, 0.4) is 0 Å². The third kappa shape index (κ3) is 4.22. The van der Waals surface area contributed by atoms with Gasteiger partial charge in [-0.3, -0.25) is 4.98 Å². The highest BCUT2D eigenvalue weighted by Gasteiger charge is 2.61. The van der Waals surface area contributed by atoms with Gasteiger partial charge in [0.25, 0.3) is 0 Å². The Hall–Kier alpha value is -2.46. The highest BCUT2D eigenvalue weighted by atomic mass is 32.2. The summed E-state index contributed by atoms with van der Waals surface area (Å²) in [4.78, 5) is 6.61. The number of pyridine rings is 1. The first-order valence-corrected chi connectivity index (χ1v) is 12.2. The lowest BCUT2D eigenvalue weighted by atomic mass is 9.93. The fourth-order valence-electron chi connectivity index (χ4n) is 5.12. The van der Waals surface area contributed by atoms with Crippen molar-refractivity contribution in [3.63, 3.8) is 0 Å². The summed E-state index contributed by atoms with van der Waals surface area (Å²) < 4.78 is 55.2. The molecule has 1 aliphatic heterocycles. The van der Waals surface area contributed by atoms with Gasteiger partial charge in [-0.2, -0.15) is 13.2 Å². The number of alkyl halides is 3. The second-order valence-corrected chi connectivity index (χ2v) is 10.3. The van der Waals surface area contributed by atoms with Crippen LogP contribution in [0.4, 0.5) is 17.6 Å². The van der Waals surface area contributed by atoms with Crippen molar-refractivity contribution in [2.75, 3.05) is 25.4 Å². The van der Waals surface area contributed by atoms with Crippen molar-refractivity contribution in [3.05, 3.63) is 59.2 Å². The smallest absolute Gasteiger partial charge is 0.305 e. The molecule has 0 amide bonds. The first-order chi connectivity index (χ1) is 16.2. The van der Waals surface area contributed by atoms with E-state index in [9.17, 15) is 17.6 Å². The minimum absolute atomic E-state index is 0.315. The van der Waals surface area contributed by atoms with Crippen molar-refractivity contribution in [3.8, 4) is 11.4 Å². The van der Waals surface area contributed by atoms with Gasteiger partial charge in [0.2, 0.25) is 0 Å². The fourth-order valence-corrected chi connectivity index (χ4v) is 5.95. The van der Waals surface area contributed by atoms with E-state index in [0.29, 0.717) is 24.1 Å². The molecule has 2 aliphatic rings. The molecular formula is C24H25F4N5S. The molecule has 1 aromatic carbocycles. The van der Waals surface area contributed by atoms with Crippen LogP contribution in [-0.2, 0) is 18.6 Å². The molecule has 3 aromatic rings. The zero-order chi connectivity index (χ0) is 24.1. The van der Waals surface area contributed by atoms with E-state index in [1.807, 2.05) is 30.7 Å². The van der Waals surface area contributed by atoms with Crippen molar-refractivity contribution < 1.29 is 17.6 Å². The number of piperidine rings is 1. The van der Waals surface area contributed by atoms with E-state index in [2.05, 4.69) is 20.1 Å². The van der Waals surface area contributed by atoms with Crippen molar-refractivity contribution in [2.24, 2.45) is 13.0 Å². The van der Waals surface area contributed by atoms with Crippen molar-refractivity contribution in [1.29, 1.82) is 0 Å². The summed E-state index contributed by atoms with van der Waals surface area (Å²) in [6.45, 7) is 4.36. The van der Waals surface area contributed by atoms with Crippen LogP contribution in [0.25, 0.3) is 11.4 Å². The Morgan fingerprint density at radius 2 is 2.03 bits per heavy atom. The second-order valence-electron chi connectivity index (χ2n) is 9.19. The SMILES string of the molecule is Cc1ncccc1-c1nnc(SCCCN2CC3CC3(c3ccc(C(F)(F)F)cc3F)C2)n1C. The van der Waals surface area contributed by atoms with Gasteiger partial charge in [0.15, 0.2) is 11.0 Å². The molecule has 2 unspecified atom stereocenters. The lowest BCUT2D eigenvalue weighted by Crippen LogP contribution is -2.28. The lowest BCUT2D eigenvalue weighted by molar-refractivity contribution is -0.137. The van der Waals surface area contributed by atoms with E-state index in [-0.39, 0.29) is 5.41 Å². The number of rotatable bonds is 7. The Morgan fingerprint density at radius 3 is 2.76 bits per heavy atom. The van der Waals surface area contributed by atoms with Crippen molar-refractivity contribution in [1.82, 2.24) is 24.6 Å². The largest absolute Gasteiger partial charge is 0.416 e. The Balaban J connectivity index is 1.15. The summed E-state index contributed by atoms with van der Waals surface area (Å²) >= 11 is 1.64. The Labute approximate surface area is 199 Å². The molecule has 0 radical (unpaired) electrons. The van der Waals surface area contributed by atoms with Gasteiger partial charge in [-0.15, -0.1) is 10.2 Å². The molecule has 0 N–H and O–H groups in total. The summed E-state index contributed by atoms with van der Waals surface area (Å²) in [7, 11) is 1.94. The molecule has 0 spiro atoms. The average molecular weight is 492 g/mol. The molecule has 1 saturated heterocycles. The van der Waals surface area contributed by atoms with Crippen molar-refractivity contribution >= 4 is 11.8 Å². The van der Waals surface area contributed by atoms with Crippen LogP contribution in [0.5, 0.6) is 0 Å². The number of aryl methyl sites for hydroxylation is 1. The molecule has 2 atom stereocenters. The van der Waals surface area contributed by atoms with Crippen LogP contribution in [0.2, 0.25) is 0 Å². The summed E-state index contributed by atoms with van der Waals surface area (Å²) in [5.41, 5.74) is 1.03. The molecule has 5 rings (SSSR count). The van der Waals surface area contributed by atoms with E-state index in [0.717, 1.165) is 60.0 Å². The van der Waals surface area contributed by atoms with Crippen LogP contribution >= 0.6 is 11.8 Å². The first-order valence-electron chi connectivity index (χ1n) is 11.2. The number of benzene rings is 1. The van der Waals surface area contributed by atoms with Gasteiger partial charge in [-0.05, 0) is 62.1 Å². The van der Waals surface area contributed by atoms with E-state index in [1.54, 1.807) is 18.0 Å². The quantitative estimate of drug-likeness (QED) is 0.262. The number of nitrogens with zero attached hydrogens (tertiary/aromatic N) is 5. The normalized spacial score (nSPS) is 22.2. The topological polar surface area (TPSA) is 46.8 Å². The van der Waals surface area contributed by atoms with Gasteiger partial charge in [0.05, 0.1) is 5.56 Å². The number of halogens is 4. The molecule has 3 heterocycles. The van der Waals surface area contributed by atoms with E-state index < -0.39 is 17.6 Å². The molecule has 0 bridgehead atoms.